The SMILES string of the molecule is CCC(N)C(c1ccc(C)cc1)N(C)C(C)C(C)(C)C. The van der Waals surface area contributed by atoms with Crippen molar-refractivity contribution in [3.8, 4) is 0 Å². The lowest BCUT2D eigenvalue weighted by atomic mass is 9.84. The zero-order valence-electron chi connectivity index (χ0n) is 14.3. The molecule has 20 heavy (non-hydrogen) atoms. The first kappa shape index (κ1) is 17.2. The molecule has 2 heteroatoms. The van der Waals surface area contributed by atoms with Crippen LogP contribution in [0, 0.1) is 12.3 Å². The summed E-state index contributed by atoms with van der Waals surface area (Å²) in [4.78, 5) is 2.44. The van der Waals surface area contributed by atoms with Gasteiger partial charge in [-0.2, -0.15) is 0 Å². The number of likely N-dealkylation sites (N-methyl/N-ethyl adjacent to an activating group) is 1. The van der Waals surface area contributed by atoms with Gasteiger partial charge in [-0.05, 0) is 38.3 Å². The van der Waals surface area contributed by atoms with Crippen molar-refractivity contribution in [2.45, 2.75) is 66.1 Å². The Kier molecular flexibility index (Phi) is 5.79. The van der Waals surface area contributed by atoms with Crippen molar-refractivity contribution in [2.75, 3.05) is 7.05 Å². The first-order valence-electron chi connectivity index (χ1n) is 7.72. The molecule has 1 rings (SSSR count). The largest absolute Gasteiger partial charge is 0.326 e. The van der Waals surface area contributed by atoms with Crippen molar-refractivity contribution < 1.29 is 0 Å². The highest BCUT2D eigenvalue weighted by Crippen LogP contribution is 2.32. The van der Waals surface area contributed by atoms with Gasteiger partial charge < -0.3 is 5.73 Å². The fourth-order valence-electron chi connectivity index (χ4n) is 2.62. The average molecular weight is 276 g/mol. The van der Waals surface area contributed by atoms with E-state index in [1.54, 1.807) is 0 Å². The number of nitrogens with zero attached hydrogens (tertiary/aromatic N) is 1. The highest BCUT2D eigenvalue weighted by Gasteiger charge is 2.31. The Labute approximate surface area is 125 Å². The normalized spacial score (nSPS) is 17.1. The molecule has 0 saturated carbocycles. The van der Waals surface area contributed by atoms with Gasteiger partial charge in [0.15, 0.2) is 0 Å². The van der Waals surface area contributed by atoms with E-state index in [1.807, 2.05) is 0 Å². The van der Waals surface area contributed by atoms with Gasteiger partial charge in [0.05, 0.1) is 0 Å². The fourth-order valence-corrected chi connectivity index (χ4v) is 2.62. The van der Waals surface area contributed by atoms with E-state index in [2.05, 4.69) is 77.8 Å². The van der Waals surface area contributed by atoms with Crippen LogP contribution in [-0.2, 0) is 0 Å². The second-order valence-electron chi connectivity index (χ2n) is 7.14. The molecule has 0 fully saturated rings. The van der Waals surface area contributed by atoms with Crippen molar-refractivity contribution >= 4 is 0 Å². The number of rotatable bonds is 5. The first-order valence-corrected chi connectivity index (χ1v) is 7.72. The lowest BCUT2D eigenvalue weighted by Crippen LogP contribution is -2.47. The van der Waals surface area contributed by atoms with Crippen LogP contribution in [0.4, 0.5) is 0 Å². The number of hydrogen-bond acceptors (Lipinski definition) is 2. The summed E-state index contributed by atoms with van der Waals surface area (Å²) in [5, 5.41) is 0. The third-order valence-electron chi connectivity index (χ3n) is 4.60. The minimum atomic E-state index is 0.160. The molecule has 0 aliphatic carbocycles. The van der Waals surface area contributed by atoms with Crippen LogP contribution in [0.3, 0.4) is 0 Å². The molecule has 0 aliphatic rings. The molecule has 114 valence electrons. The predicted molar refractivity (Wildman–Crippen MR) is 88.9 cm³/mol. The molecule has 3 unspecified atom stereocenters. The van der Waals surface area contributed by atoms with Gasteiger partial charge in [-0.3, -0.25) is 4.90 Å². The molecule has 0 saturated heterocycles. The van der Waals surface area contributed by atoms with Crippen LogP contribution in [-0.4, -0.2) is 24.0 Å². The van der Waals surface area contributed by atoms with Gasteiger partial charge in [-0.1, -0.05) is 57.5 Å². The van der Waals surface area contributed by atoms with Crippen molar-refractivity contribution in [3.05, 3.63) is 35.4 Å². The fraction of sp³-hybridized carbons (Fsp3) is 0.667. The van der Waals surface area contributed by atoms with E-state index >= 15 is 0 Å². The first-order chi connectivity index (χ1) is 9.18. The zero-order valence-corrected chi connectivity index (χ0v) is 14.3. The van der Waals surface area contributed by atoms with Crippen LogP contribution >= 0.6 is 0 Å². The number of nitrogens with two attached hydrogens (primary N) is 1. The number of hydrogen-bond donors (Lipinski definition) is 1. The average Bonchev–Trinajstić information content (AvgIpc) is 2.38. The molecule has 1 aromatic carbocycles. The van der Waals surface area contributed by atoms with Gasteiger partial charge in [0.25, 0.3) is 0 Å². The van der Waals surface area contributed by atoms with Crippen LogP contribution < -0.4 is 5.73 Å². The zero-order chi connectivity index (χ0) is 15.5. The van der Waals surface area contributed by atoms with Gasteiger partial charge >= 0.3 is 0 Å². The number of benzene rings is 1. The van der Waals surface area contributed by atoms with Crippen LogP contribution in [0.1, 0.15) is 58.2 Å². The Hall–Kier alpha value is -0.860. The smallest absolute Gasteiger partial charge is 0.0499 e. The van der Waals surface area contributed by atoms with E-state index in [0.717, 1.165) is 6.42 Å². The Bertz CT molecular complexity index is 402. The van der Waals surface area contributed by atoms with Crippen LogP contribution in [0.5, 0.6) is 0 Å². The molecule has 0 aromatic heterocycles. The Morgan fingerprint density at radius 1 is 1.15 bits per heavy atom. The summed E-state index contributed by atoms with van der Waals surface area (Å²) in [6.07, 6.45) is 0.986. The lowest BCUT2D eigenvalue weighted by molar-refractivity contribution is 0.0831. The summed E-state index contributed by atoms with van der Waals surface area (Å²) in [5.74, 6) is 0. The molecule has 2 N–H and O–H groups in total. The highest BCUT2D eigenvalue weighted by molar-refractivity contribution is 5.25. The van der Waals surface area contributed by atoms with E-state index in [1.165, 1.54) is 11.1 Å². The summed E-state index contributed by atoms with van der Waals surface area (Å²) in [5.41, 5.74) is 9.29. The van der Waals surface area contributed by atoms with Crippen LogP contribution in [0.15, 0.2) is 24.3 Å². The molecule has 0 amide bonds. The Balaban J connectivity index is 3.10. The third-order valence-corrected chi connectivity index (χ3v) is 4.60. The Morgan fingerprint density at radius 3 is 2.05 bits per heavy atom. The molecule has 0 radical (unpaired) electrons. The van der Waals surface area contributed by atoms with Gasteiger partial charge in [0.2, 0.25) is 0 Å². The molecular weight excluding hydrogens is 244 g/mol. The van der Waals surface area contributed by atoms with Gasteiger partial charge in [-0.15, -0.1) is 0 Å². The van der Waals surface area contributed by atoms with Crippen molar-refractivity contribution in [1.29, 1.82) is 0 Å². The second kappa shape index (κ2) is 6.73. The van der Waals surface area contributed by atoms with Gasteiger partial charge in [0, 0.05) is 18.1 Å². The predicted octanol–water partition coefficient (Wildman–Crippen LogP) is 4.14. The van der Waals surface area contributed by atoms with E-state index in [-0.39, 0.29) is 17.5 Å². The second-order valence-corrected chi connectivity index (χ2v) is 7.14. The highest BCUT2D eigenvalue weighted by atomic mass is 15.2. The summed E-state index contributed by atoms with van der Waals surface area (Å²) < 4.78 is 0. The maximum absolute atomic E-state index is 6.43. The molecule has 3 atom stereocenters. The summed E-state index contributed by atoms with van der Waals surface area (Å²) in [7, 11) is 2.20. The molecule has 0 spiro atoms. The van der Waals surface area contributed by atoms with Crippen LogP contribution in [0.2, 0.25) is 0 Å². The standard InChI is InChI=1S/C18H32N2/c1-8-16(19)17(15-11-9-13(2)10-12-15)20(7)14(3)18(4,5)6/h9-12,14,16-17H,8,19H2,1-7H3. The molecule has 0 aliphatic heterocycles. The van der Waals surface area contributed by atoms with E-state index in [4.69, 9.17) is 5.73 Å². The van der Waals surface area contributed by atoms with E-state index in [9.17, 15) is 0 Å². The minimum Gasteiger partial charge on any atom is -0.326 e. The summed E-state index contributed by atoms with van der Waals surface area (Å²) >= 11 is 0. The molecular formula is C18H32N2. The van der Waals surface area contributed by atoms with Crippen molar-refractivity contribution in [3.63, 3.8) is 0 Å². The lowest BCUT2D eigenvalue weighted by Gasteiger charge is -2.42. The third kappa shape index (κ3) is 4.07. The topological polar surface area (TPSA) is 29.3 Å². The minimum absolute atomic E-state index is 0.160. The van der Waals surface area contributed by atoms with Gasteiger partial charge in [0.1, 0.15) is 0 Å². The van der Waals surface area contributed by atoms with Crippen LogP contribution in [0.25, 0.3) is 0 Å². The summed E-state index contributed by atoms with van der Waals surface area (Å²) in [6, 6.07) is 9.71. The van der Waals surface area contributed by atoms with Crippen molar-refractivity contribution in [2.24, 2.45) is 11.1 Å². The summed E-state index contributed by atoms with van der Waals surface area (Å²) in [6.45, 7) is 13.5. The molecule has 0 bridgehead atoms. The Morgan fingerprint density at radius 2 is 1.65 bits per heavy atom. The molecule has 1 aromatic rings. The quantitative estimate of drug-likeness (QED) is 0.875. The molecule has 0 heterocycles. The monoisotopic (exact) mass is 276 g/mol. The maximum atomic E-state index is 6.43. The van der Waals surface area contributed by atoms with E-state index in [0.29, 0.717) is 6.04 Å². The number of aryl methyl sites for hydroxylation is 1. The van der Waals surface area contributed by atoms with Gasteiger partial charge in [-0.25, -0.2) is 0 Å². The van der Waals surface area contributed by atoms with Crippen molar-refractivity contribution in [1.82, 2.24) is 4.90 Å². The molecule has 2 nitrogen and oxygen atoms in total. The maximum Gasteiger partial charge on any atom is 0.0499 e. The van der Waals surface area contributed by atoms with E-state index < -0.39 is 0 Å².